The predicted octanol–water partition coefficient (Wildman–Crippen LogP) is 2.12. The van der Waals surface area contributed by atoms with Crippen molar-refractivity contribution in [2.75, 3.05) is 12.4 Å². The number of hydrogen-bond donors (Lipinski definition) is 3. The van der Waals surface area contributed by atoms with Crippen molar-refractivity contribution in [1.82, 2.24) is 4.72 Å². The quantitative estimate of drug-likeness (QED) is 0.736. The van der Waals surface area contributed by atoms with Gasteiger partial charge in [-0.3, -0.25) is 0 Å². The second-order valence-corrected chi connectivity index (χ2v) is 6.55. The Bertz CT molecular complexity index is 750. The summed E-state index contributed by atoms with van der Waals surface area (Å²) in [4.78, 5) is 0. The van der Waals surface area contributed by atoms with Crippen molar-refractivity contribution in [2.45, 2.75) is 25.5 Å². The topological polar surface area (TPSA) is 91.6 Å². The van der Waals surface area contributed by atoms with Gasteiger partial charge < -0.3 is 14.8 Å². The number of phenolic OH excluding ortho intramolecular Hbond substituents is 1. The Morgan fingerprint density at radius 2 is 1.90 bits per heavy atom. The van der Waals surface area contributed by atoms with Crippen LogP contribution in [0.1, 0.15) is 16.9 Å². The van der Waals surface area contributed by atoms with Gasteiger partial charge in [0.25, 0.3) is 10.0 Å². The Balaban J connectivity index is 2.13. The fourth-order valence-electron chi connectivity index (χ4n) is 1.87. The number of hydrogen-bond acceptors (Lipinski definition) is 5. The molecule has 0 fully saturated rings. The van der Waals surface area contributed by atoms with Crippen LogP contribution in [0.3, 0.4) is 0 Å². The molecular weight excluding hydrogens is 292 g/mol. The van der Waals surface area contributed by atoms with E-state index in [1.165, 1.54) is 13.1 Å². The van der Waals surface area contributed by atoms with E-state index in [0.717, 1.165) is 16.8 Å². The normalized spacial score (nSPS) is 11.6. The minimum absolute atomic E-state index is 0.111. The Kier molecular flexibility index (Phi) is 4.24. The van der Waals surface area contributed by atoms with Crippen LogP contribution >= 0.6 is 0 Å². The monoisotopic (exact) mass is 310 g/mol. The molecule has 7 heteroatoms. The minimum atomic E-state index is -3.56. The van der Waals surface area contributed by atoms with Gasteiger partial charge in [0.05, 0.1) is 6.54 Å². The van der Waals surface area contributed by atoms with Crippen molar-refractivity contribution >= 4 is 15.7 Å². The number of anilines is 1. The van der Waals surface area contributed by atoms with E-state index < -0.39 is 10.0 Å². The maximum Gasteiger partial charge on any atom is 0.273 e. The maximum atomic E-state index is 11.6. The third-order valence-electron chi connectivity index (χ3n) is 3.17. The number of rotatable bonds is 5. The maximum absolute atomic E-state index is 11.6. The molecule has 1 aromatic heterocycles. The zero-order valence-corrected chi connectivity index (χ0v) is 12.9. The molecule has 21 heavy (non-hydrogen) atoms. The van der Waals surface area contributed by atoms with Crippen molar-refractivity contribution < 1.29 is 17.9 Å². The molecule has 0 unspecified atom stereocenters. The van der Waals surface area contributed by atoms with Gasteiger partial charge >= 0.3 is 0 Å². The third kappa shape index (κ3) is 3.37. The van der Waals surface area contributed by atoms with Gasteiger partial charge in [-0.25, -0.2) is 13.1 Å². The van der Waals surface area contributed by atoms with Crippen LogP contribution in [0, 0.1) is 13.8 Å². The molecule has 0 bridgehead atoms. The van der Waals surface area contributed by atoms with E-state index in [1.54, 1.807) is 12.1 Å². The van der Waals surface area contributed by atoms with Crippen LogP contribution in [-0.4, -0.2) is 20.6 Å². The zero-order valence-electron chi connectivity index (χ0n) is 12.1. The van der Waals surface area contributed by atoms with Gasteiger partial charge in [0.1, 0.15) is 11.5 Å². The van der Waals surface area contributed by atoms with Gasteiger partial charge in [0.15, 0.2) is 0 Å². The van der Waals surface area contributed by atoms with Crippen LogP contribution in [0.4, 0.5) is 5.69 Å². The zero-order chi connectivity index (χ0) is 15.6. The molecule has 6 nitrogen and oxygen atoms in total. The molecule has 2 aromatic rings. The summed E-state index contributed by atoms with van der Waals surface area (Å²) in [5.74, 6) is 0.757. The van der Waals surface area contributed by atoms with Crippen molar-refractivity contribution in [3.05, 3.63) is 41.2 Å². The number of phenols is 1. The van der Waals surface area contributed by atoms with E-state index in [9.17, 15) is 13.5 Å². The second kappa shape index (κ2) is 5.79. The summed E-state index contributed by atoms with van der Waals surface area (Å²) < 4.78 is 30.6. The molecule has 0 spiro atoms. The summed E-state index contributed by atoms with van der Waals surface area (Å²) in [6.07, 6.45) is 0. The standard InChI is InChI=1S/C14H18N2O4S/c1-9-7-13(17)10(2)6-12(9)16-8-11-4-5-14(20-11)21(18,19)15-3/h4-7,15-17H,8H2,1-3H3. The van der Waals surface area contributed by atoms with Crippen LogP contribution in [0.5, 0.6) is 5.75 Å². The summed E-state index contributed by atoms with van der Waals surface area (Å²) in [6, 6.07) is 6.53. The molecule has 0 atom stereocenters. The van der Waals surface area contributed by atoms with Crippen LogP contribution < -0.4 is 10.0 Å². The van der Waals surface area contributed by atoms with E-state index >= 15 is 0 Å². The van der Waals surface area contributed by atoms with Crippen molar-refractivity contribution in [1.29, 1.82) is 0 Å². The summed E-state index contributed by atoms with van der Waals surface area (Å²) in [5.41, 5.74) is 2.52. The van der Waals surface area contributed by atoms with Gasteiger partial charge in [-0.2, -0.15) is 0 Å². The largest absolute Gasteiger partial charge is 0.508 e. The highest BCUT2D eigenvalue weighted by Crippen LogP contribution is 2.25. The first-order valence-electron chi connectivity index (χ1n) is 6.40. The summed E-state index contributed by atoms with van der Waals surface area (Å²) in [5, 5.41) is 12.7. The lowest BCUT2D eigenvalue weighted by Gasteiger charge is -2.10. The first-order valence-corrected chi connectivity index (χ1v) is 7.88. The highest BCUT2D eigenvalue weighted by molar-refractivity contribution is 7.89. The molecule has 2 rings (SSSR count). The van der Waals surface area contributed by atoms with Crippen LogP contribution in [0.15, 0.2) is 33.8 Å². The first kappa shape index (κ1) is 15.4. The molecule has 0 aliphatic heterocycles. The van der Waals surface area contributed by atoms with Crippen molar-refractivity contribution in [3.8, 4) is 5.75 Å². The minimum Gasteiger partial charge on any atom is -0.508 e. The van der Waals surface area contributed by atoms with E-state index in [-0.39, 0.29) is 10.8 Å². The van der Waals surface area contributed by atoms with Crippen LogP contribution in [0.2, 0.25) is 0 Å². The van der Waals surface area contributed by atoms with Crippen molar-refractivity contribution in [2.24, 2.45) is 0 Å². The molecule has 3 N–H and O–H groups in total. The van der Waals surface area contributed by atoms with E-state index in [0.29, 0.717) is 12.3 Å². The lowest BCUT2D eigenvalue weighted by atomic mass is 10.1. The molecule has 0 aliphatic carbocycles. The Hall–Kier alpha value is -1.99. The predicted molar refractivity (Wildman–Crippen MR) is 79.9 cm³/mol. The molecule has 1 heterocycles. The fraction of sp³-hybridized carbons (Fsp3) is 0.286. The number of furan rings is 1. The van der Waals surface area contributed by atoms with Crippen LogP contribution in [-0.2, 0) is 16.6 Å². The molecule has 0 saturated carbocycles. The number of aryl methyl sites for hydroxylation is 2. The molecule has 0 amide bonds. The van der Waals surface area contributed by atoms with E-state index in [1.807, 2.05) is 19.9 Å². The highest BCUT2D eigenvalue weighted by Gasteiger charge is 2.16. The van der Waals surface area contributed by atoms with E-state index in [2.05, 4.69) is 10.0 Å². The molecule has 1 aromatic carbocycles. The van der Waals surface area contributed by atoms with Crippen LogP contribution in [0.25, 0.3) is 0 Å². The number of aromatic hydroxyl groups is 1. The number of nitrogens with one attached hydrogen (secondary N) is 2. The Labute approximate surface area is 123 Å². The molecule has 0 radical (unpaired) electrons. The van der Waals surface area contributed by atoms with Gasteiger partial charge in [-0.1, -0.05) is 0 Å². The molecular formula is C14H18N2O4S. The van der Waals surface area contributed by atoms with Gasteiger partial charge in [0.2, 0.25) is 5.09 Å². The third-order valence-corrected chi connectivity index (χ3v) is 4.45. The fourth-order valence-corrected chi connectivity index (χ4v) is 2.54. The lowest BCUT2D eigenvalue weighted by molar-refractivity contribution is 0.417. The summed E-state index contributed by atoms with van der Waals surface area (Å²) in [6.45, 7) is 4.04. The molecule has 0 saturated heterocycles. The first-order chi connectivity index (χ1) is 9.83. The Morgan fingerprint density at radius 1 is 1.19 bits per heavy atom. The Morgan fingerprint density at radius 3 is 2.57 bits per heavy atom. The summed E-state index contributed by atoms with van der Waals surface area (Å²) >= 11 is 0. The van der Waals surface area contributed by atoms with Gasteiger partial charge in [-0.05, 0) is 56.3 Å². The molecule has 114 valence electrons. The van der Waals surface area contributed by atoms with Gasteiger partial charge in [0, 0.05) is 5.69 Å². The average molecular weight is 310 g/mol. The number of benzene rings is 1. The smallest absolute Gasteiger partial charge is 0.273 e. The SMILES string of the molecule is CNS(=O)(=O)c1ccc(CNc2cc(C)c(O)cc2C)o1. The molecule has 0 aliphatic rings. The lowest BCUT2D eigenvalue weighted by Crippen LogP contribution is -2.17. The summed E-state index contributed by atoms with van der Waals surface area (Å²) in [7, 11) is -2.23. The highest BCUT2D eigenvalue weighted by atomic mass is 32.2. The second-order valence-electron chi connectivity index (χ2n) is 4.74. The van der Waals surface area contributed by atoms with Gasteiger partial charge in [-0.15, -0.1) is 0 Å². The van der Waals surface area contributed by atoms with E-state index in [4.69, 9.17) is 4.42 Å². The average Bonchev–Trinajstić information content (AvgIpc) is 2.91. The number of sulfonamides is 1. The van der Waals surface area contributed by atoms with Crippen molar-refractivity contribution in [3.63, 3.8) is 0 Å².